The molecular weight excluding hydrogens is 354 g/mol. The SMILES string of the molecule is C[C@@H](CC(C(=O)CCc1ccccc1)(c1ccccc1)c1ccccc1)N(C)C. The first-order valence-electron chi connectivity index (χ1n) is 10.4. The van der Waals surface area contributed by atoms with Crippen LogP contribution in [0.5, 0.6) is 0 Å². The third-order valence-electron chi connectivity index (χ3n) is 5.98. The fourth-order valence-electron chi connectivity index (χ4n) is 4.03. The second-order valence-corrected chi connectivity index (χ2v) is 8.06. The van der Waals surface area contributed by atoms with Gasteiger partial charge in [0, 0.05) is 12.5 Å². The van der Waals surface area contributed by atoms with Gasteiger partial charge < -0.3 is 4.90 Å². The van der Waals surface area contributed by atoms with Gasteiger partial charge in [0.25, 0.3) is 0 Å². The number of rotatable bonds is 9. The second-order valence-electron chi connectivity index (χ2n) is 8.06. The van der Waals surface area contributed by atoms with Crippen LogP contribution in [0.4, 0.5) is 0 Å². The molecule has 0 bridgehead atoms. The van der Waals surface area contributed by atoms with Crippen LogP contribution >= 0.6 is 0 Å². The van der Waals surface area contributed by atoms with Crippen LogP contribution in [-0.4, -0.2) is 30.8 Å². The normalized spacial score (nSPS) is 12.7. The van der Waals surface area contributed by atoms with Gasteiger partial charge in [-0.05, 0) is 50.6 Å². The molecule has 2 heteroatoms. The van der Waals surface area contributed by atoms with Crippen LogP contribution in [0.25, 0.3) is 0 Å². The Hall–Kier alpha value is -2.71. The molecule has 1 atom stereocenters. The quantitative estimate of drug-likeness (QED) is 0.484. The van der Waals surface area contributed by atoms with E-state index in [-0.39, 0.29) is 11.8 Å². The minimum absolute atomic E-state index is 0.260. The number of Topliss-reactive ketones (excluding diaryl/α,β-unsaturated/α-hetero) is 1. The molecule has 0 amide bonds. The van der Waals surface area contributed by atoms with Crippen LogP contribution in [0, 0.1) is 0 Å². The van der Waals surface area contributed by atoms with Crippen LogP contribution in [-0.2, 0) is 16.6 Å². The van der Waals surface area contributed by atoms with E-state index in [1.54, 1.807) is 0 Å². The monoisotopic (exact) mass is 385 g/mol. The zero-order valence-corrected chi connectivity index (χ0v) is 17.7. The fourth-order valence-corrected chi connectivity index (χ4v) is 4.03. The second kappa shape index (κ2) is 9.67. The molecule has 0 heterocycles. The minimum atomic E-state index is -0.652. The highest BCUT2D eigenvalue weighted by Crippen LogP contribution is 2.39. The van der Waals surface area contributed by atoms with Gasteiger partial charge in [0.15, 0.2) is 0 Å². The third-order valence-corrected chi connectivity index (χ3v) is 5.98. The molecule has 0 fully saturated rings. The predicted octanol–water partition coefficient (Wildman–Crippen LogP) is 5.51. The van der Waals surface area contributed by atoms with Crippen LogP contribution in [0.2, 0.25) is 0 Å². The summed E-state index contributed by atoms with van der Waals surface area (Å²) in [5.74, 6) is 0.285. The molecule has 0 radical (unpaired) electrons. The van der Waals surface area contributed by atoms with E-state index in [1.165, 1.54) is 5.56 Å². The largest absolute Gasteiger partial charge is 0.307 e. The first kappa shape index (κ1) is 21.0. The summed E-state index contributed by atoms with van der Waals surface area (Å²) in [6.45, 7) is 2.20. The summed E-state index contributed by atoms with van der Waals surface area (Å²) in [4.78, 5) is 16.2. The summed E-state index contributed by atoms with van der Waals surface area (Å²) in [6, 6.07) is 31.2. The lowest BCUT2D eigenvalue weighted by Crippen LogP contribution is -2.43. The first-order chi connectivity index (χ1) is 14.0. The van der Waals surface area contributed by atoms with Gasteiger partial charge in [-0.25, -0.2) is 0 Å². The molecule has 29 heavy (non-hydrogen) atoms. The summed E-state index contributed by atoms with van der Waals surface area (Å²) in [6.07, 6.45) is 2.03. The van der Waals surface area contributed by atoms with E-state index in [2.05, 4.69) is 62.3 Å². The van der Waals surface area contributed by atoms with Crippen molar-refractivity contribution in [2.75, 3.05) is 14.1 Å². The van der Waals surface area contributed by atoms with E-state index in [0.29, 0.717) is 6.42 Å². The van der Waals surface area contributed by atoms with Crippen molar-refractivity contribution in [1.29, 1.82) is 0 Å². The van der Waals surface area contributed by atoms with Crippen LogP contribution < -0.4 is 0 Å². The Bertz CT molecular complexity index is 848. The van der Waals surface area contributed by atoms with E-state index < -0.39 is 5.41 Å². The smallest absolute Gasteiger partial charge is 0.148 e. The molecular formula is C27H31NO. The lowest BCUT2D eigenvalue weighted by Gasteiger charge is -2.38. The predicted molar refractivity (Wildman–Crippen MR) is 121 cm³/mol. The molecule has 0 N–H and O–H groups in total. The number of aryl methyl sites for hydroxylation is 1. The van der Waals surface area contributed by atoms with Crippen molar-refractivity contribution in [2.24, 2.45) is 0 Å². The summed E-state index contributed by atoms with van der Waals surface area (Å²) in [7, 11) is 4.17. The summed E-state index contributed by atoms with van der Waals surface area (Å²) < 4.78 is 0. The Labute approximate surface area is 175 Å². The van der Waals surface area contributed by atoms with E-state index in [1.807, 2.05) is 54.6 Å². The number of ketones is 1. The van der Waals surface area contributed by atoms with Gasteiger partial charge in [0.2, 0.25) is 0 Å². The van der Waals surface area contributed by atoms with E-state index >= 15 is 0 Å². The Balaban J connectivity index is 2.06. The average molecular weight is 386 g/mol. The Morgan fingerprint density at radius 3 is 1.69 bits per heavy atom. The number of carbonyl (C=O) groups is 1. The molecule has 3 rings (SSSR count). The van der Waals surface area contributed by atoms with Gasteiger partial charge in [-0.15, -0.1) is 0 Å². The van der Waals surface area contributed by atoms with Gasteiger partial charge in [0.1, 0.15) is 5.78 Å². The molecule has 0 aromatic heterocycles. The third kappa shape index (κ3) is 4.83. The Morgan fingerprint density at radius 1 is 0.793 bits per heavy atom. The van der Waals surface area contributed by atoms with Gasteiger partial charge >= 0.3 is 0 Å². The molecule has 0 aliphatic heterocycles. The number of benzene rings is 3. The van der Waals surface area contributed by atoms with Crippen molar-refractivity contribution >= 4 is 5.78 Å². The lowest BCUT2D eigenvalue weighted by molar-refractivity contribution is -0.123. The fraction of sp³-hybridized carbons (Fsp3) is 0.296. The Morgan fingerprint density at radius 2 is 1.24 bits per heavy atom. The topological polar surface area (TPSA) is 20.3 Å². The first-order valence-corrected chi connectivity index (χ1v) is 10.4. The van der Waals surface area contributed by atoms with Crippen LogP contribution in [0.15, 0.2) is 91.0 Å². The van der Waals surface area contributed by atoms with Crippen molar-refractivity contribution in [2.45, 2.75) is 37.6 Å². The lowest BCUT2D eigenvalue weighted by atomic mass is 9.66. The zero-order chi connectivity index (χ0) is 20.7. The van der Waals surface area contributed by atoms with Crippen molar-refractivity contribution in [3.05, 3.63) is 108 Å². The summed E-state index contributed by atoms with van der Waals surface area (Å²) >= 11 is 0. The number of nitrogens with zero attached hydrogens (tertiary/aromatic N) is 1. The highest BCUT2D eigenvalue weighted by atomic mass is 16.1. The number of carbonyl (C=O) groups excluding carboxylic acids is 1. The maximum absolute atomic E-state index is 14.0. The minimum Gasteiger partial charge on any atom is -0.307 e. The van der Waals surface area contributed by atoms with Gasteiger partial charge in [-0.1, -0.05) is 91.0 Å². The van der Waals surface area contributed by atoms with Crippen molar-refractivity contribution in [3.8, 4) is 0 Å². The standard InChI is InChI=1S/C27H31NO/c1-22(28(2)3)21-27(24-15-9-5-10-16-24,25-17-11-6-12-18-25)26(29)20-19-23-13-7-4-8-14-23/h4-18,22H,19-21H2,1-3H3/t22-/m0/s1. The van der Waals surface area contributed by atoms with Crippen LogP contribution in [0.1, 0.15) is 36.5 Å². The maximum Gasteiger partial charge on any atom is 0.148 e. The molecule has 3 aromatic carbocycles. The van der Waals surface area contributed by atoms with Gasteiger partial charge in [-0.3, -0.25) is 4.79 Å². The van der Waals surface area contributed by atoms with Crippen molar-refractivity contribution in [1.82, 2.24) is 4.90 Å². The van der Waals surface area contributed by atoms with Crippen molar-refractivity contribution in [3.63, 3.8) is 0 Å². The Kier molecular flexibility index (Phi) is 7.00. The van der Waals surface area contributed by atoms with E-state index in [9.17, 15) is 4.79 Å². The molecule has 0 saturated heterocycles. The highest BCUT2D eigenvalue weighted by Gasteiger charge is 2.42. The molecule has 0 aliphatic carbocycles. The maximum atomic E-state index is 14.0. The molecule has 2 nitrogen and oxygen atoms in total. The summed E-state index contributed by atoms with van der Waals surface area (Å²) in [5, 5.41) is 0. The van der Waals surface area contributed by atoms with Gasteiger partial charge in [-0.2, -0.15) is 0 Å². The average Bonchev–Trinajstić information content (AvgIpc) is 2.77. The molecule has 3 aromatic rings. The molecule has 0 unspecified atom stereocenters. The zero-order valence-electron chi connectivity index (χ0n) is 17.7. The van der Waals surface area contributed by atoms with Crippen LogP contribution in [0.3, 0.4) is 0 Å². The number of hydrogen-bond donors (Lipinski definition) is 0. The molecule has 150 valence electrons. The van der Waals surface area contributed by atoms with Gasteiger partial charge in [0.05, 0.1) is 5.41 Å². The number of hydrogen-bond acceptors (Lipinski definition) is 2. The van der Waals surface area contributed by atoms with E-state index in [4.69, 9.17) is 0 Å². The molecule has 0 saturated carbocycles. The molecule has 0 spiro atoms. The van der Waals surface area contributed by atoms with E-state index in [0.717, 1.165) is 24.0 Å². The molecule has 0 aliphatic rings. The highest BCUT2D eigenvalue weighted by molar-refractivity contribution is 5.94. The van der Waals surface area contributed by atoms with Crippen molar-refractivity contribution < 1.29 is 4.79 Å². The summed E-state index contributed by atoms with van der Waals surface area (Å²) in [5.41, 5.74) is 2.72.